The van der Waals surface area contributed by atoms with Gasteiger partial charge in [-0.05, 0) is 66.7 Å². The summed E-state index contributed by atoms with van der Waals surface area (Å²) in [7, 11) is -3.38. The van der Waals surface area contributed by atoms with Crippen molar-refractivity contribution in [2.45, 2.75) is 38.5 Å². The van der Waals surface area contributed by atoms with E-state index >= 15 is 0 Å². The van der Waals surface area contributed by atoms with Gasteiger partial charge in [-0.15, -0.1) is 0 Å². The number of nitrogens with zero attached hydrogens (tertiary/aromatic N) is 1. The minimum atomic E-state index is -3.38. The molecular formula is C27H30N2O3S. The number of benzene rings is 3. The molecule has 172 valence electrons. The van der Waals surface area contributed by atoms with E-state index in [1.807, 2.05) is 42.5 Å². The Hall–Kier alpha value is -2.70. The van der Waals surface area contributed by atoms with Gasteiger partial charge >= 0.3 is 0 Å². The van der Waals surface area contributed by atoms with E-state index in [-0.39, 0.29) is 24.1 Å². The van der Waals surface area contributed by atoms with E-state index in [9.17, 15) is 13.2 Å². The predicted octanol–water partition coefficient (Wildman–Crippen LogP) is 4.55. The first-order valence-corrected chi connectivity index (χ1v) is 13.5. The Labute approximate surface area is 195 Å². The van der Waals surface area contributed by atoms with Gasteiger partial charge in [0.15, 0.2) is 0 Å². The quantitative estimate of drug-likeness (QED) is 0.560. The average molecular weight is 463 g/mol. The van der Waals surface area contributed by atoms with E-state index in [1.165, 1.54) is 20.8 Å². The van der Waals surface area contributed by atoms with Crippen molar-refractivity contribution in [1.82, 2.24) is 4.31 Å². The Morgan fingerprint density at radius 1 is 0.970 bits per heavy atom. The normalized spacial score (nSPS) is 18.5. The van der Waals surface area contributed by atoms with Crippen LogP contribution in [-0.2, 0) is 34.1 Å². The molecule has 2 aliphatic rings. The highest BCUT2D eigenvalue weighted by Gasteiger charge is 2.32. The highest BCUT2D eigenvalue weighted by Crippen LogP contribution is 2.35. The first kappa shape index (κ1) is 22.1. The van der Waals surface area contributed by atoms with E-state index in [4.69, 9.17) is 0 Å². The fourth-order valence-electron chi connectivity index (χ4n) is 5.23. The number of aryl methyl sites for hydroxylation is 3. The fraction of sp³-hybridized carbons (Fsp3) is 0.370. The maximum Gasteiger partial charge on any atom is 0.228 e. The molecule has 0 aromatic heterocycles. The minimum Gasteiger partial charge on any atom is -0.325 e. The van der Waals surface area contributed by atoms with Crippen LogP contribution in [0.2, 0.25) is 0 Å². The van der Waals surface area contributed by atoms with Crippen LogP contribution < -0.4 is 5.32 Å². The lowest BCUT2D eigenvalue weighted by molar-refractivity contribution is -0.120. The van der Waals surface area contributed by atoms with Crippen LogP contribution in [0.25, 0.3) is 10.8 Å². The summed E-state index contributed by atoms with van der Waals surface area (Å²) in [6.07, 6.45) is 4.83. The number of hydrogen-bond donors (Lipinski definition) is 1. The standard InChI is InChI=1S/C27H30N2O3S/c30-27(28-25-16-15-22-14-13-21-10-4-12-24(25)26(21)22)23-11-5-17-29(19-23)33(31,32)18-6-9-20-7-2-1-3-8-20/h1-4,7-8,10,12,15-16,23H,5-6,9,11,13-14,17-19H2,(H,28,30)/t23-/m0/s1. The van der Waals surface area contributed by atoms with E-state index in [1.54, 1.807) is 0 Å². The average Bonchev–Trinajstić information content (AvgIpc) is 3.26. The number of carbonyl (C=O) groups excluding carboxylic acids is 1. The monoisotopic (exact) mass is 462 g/mol. The van der Waals surface area contributed by atoms with Gasteiger partial charge < -0.3 is 5.32 Å². The zero-order valence-corrected chi connectivity index (χ0v) is 19.6. The molecular weight excluding hydrogens is 432 g/mol. The summed E-state index contributed by atoms with van der Waals surface area (Å²) in [6, 6.07) is 20.3. The smallest absolute Gasteiger partial charge is 0.228 e. The molecule has 5 nitrogen and oxygen atoms in total. The summed E-state index contributed by atoms with van der Waals surface area (Å²) in [5.74, 6) is -0.297. The van der Waals surface area contributed by atoms with E-state index in [2.05, 4.69) is 23.5 Å². The zero-order chi connectivity index (χ0) is 22.8. The van der Waals surface area contributed by atoms with Crippen LogP contribution in [0, 0.1) is 5.92 Å². The first-order valence-electron chi connectivity index (χ1n) is 11.9. The van der Waals surface area contributed by atoms with E-state index in [0.717, 1.165) is 35.9 Å². The molecule has 1 heterocycles. The molecule has 1 aliphatic carbocycles. The summed E-state index contributed by atoms with van der Waals surface area (Å²) in [4.78, 5) is 13.1. The summed E-state index contributed by atoms with van der Waals surface area (Å²) in [5.41, 5.74) is 4.65. The third-order valence-electron chi connectivity index (χ3n) is 6.99. The summed E-state index contributed by atoms with van der Waals surface area (Å²) in [5, 5.41) is 5.46. The number of amides is 1. The van der Waals surface area contributed by atoms with Crippen LogP contribution in [0.1, 0.15) is 36.0 Å². The largest absolute Gasteiger partial charge is 0.325 e. The number of anilines is 1. The van der Waals surface area contributed by atoms with Gasteiger partial charge in [0.25, 0.3) is 0 Å². The molecule has 1 amide bonds. The molecule has 1 fully saturated rings. The number of sulfonamides is 1. The Morgan fingerprint density at radius 2 is 1.76 bits per heavy atom. The van der Waals surface area contributed by atoms with Crippen molar-refractivity contribution in [3.8, 4) is 0 Å². The number of carbonyl (C=O) groups is 1. The summed E-state index contributed by atoms with van der Waals surface area (Å²) in [6.45, 7) is 0.763. The molecule has 0 radical (unpaired) electrons. The fourth-order valence-corrected chi connectivity index (χ4v) is 6.81. The van der Waals surface area contributed by atoms with Crippen LogP contribution in [0.5, 0.6) is 0 Å². The van der Waals surface area contributed by atoms with Crippen LogP contribution in [0.4, 0.5) is 5.69 Å². The lowest BCUT2D eigenvalue weighted by Gasteiger charge is -2.31. The number of nitrogens with one attached hydrogen (secondary N) is 1. The lowest BCUT2D eigenvalue weighted by Crippen LogP contribution is -2.44. The van der Waals surface area contributed by atoms with Crippen LogP contribution in [0.15, 0.2) is 60.7 Å². The Balaban J connectivity index is 1.23. The Kier molecular flexibility index (Phi) is 6.21. The van der Waals surface area contributed by atoms with Gasteiger partial charge in [0.2, 0.25) is 15.9 Å². The highest BCUT2D eigenvalue weighted by molar-refractivity contribution is 7.89. The van der Waals surface area contributed by atoms with Crippen LogP contribution >= 0.6 is 0 Å². The molecule has 5 rings (SSSR count). The second-order valence-corrected chi connectivity index (χ2v) is 11.3. The highest BCUT2D eigenvalue weighted by atomic mass is 32.2. The van der Waals surface area contributed by atoms with Crippen molar-refractivity contribution >= 4 is 32.4 Å². The van der Waals surface area contributed by atoms with Gasteiger partial charge in [0.1, 0.15) is 0 Å². The molecule has 3 aromatic carbocycles. The number of piperidine rings is 1. The predicted molar refractivity (Wildman–Crippen MR) is 133 cm³/mol. The van der Waals surface area contributed by atoms with Gasteiger partial charge in [-0.1, -0.05) is 54.6 Å². The van der Waals surface area contributed by atoms with Gasteiger partial charge in [-0.2, -0.15) is 0 Å². The second-order valence-electron chi connectivity index (χ2n) is 9.20. The lowest BCUT2D eigenvalue weighted by atomic mass is 9.98. The van der Waals surface area contributed by atoms with Crippen molar-refractivity contribution in [2.24, 2.45) is 5.92 Å². The minimum absolute atomic E-state index is 0.0853. The van der Waals surface area contributed by atoms with Gasteiger partial charge in [-0.25, -0.2) is 12.7 Å². The maximum absolute atomic E-state index is 13.1. The molecule has 6 heteroatoms. The molecule has 0 bridgehead atoms. The molecule has 1 N–H and O–H groups in total. The van der Waals surface area contributed by atoms with Crippen LogP contribution in [0.3, 0.4) is 0 Å². The molecule has 0 unspecified atom stereocenters. The van der Waals surface area contributed by atoms with Gasteiger partial charge in [0.05, 0.1) is 11.7 Å². The molecule has 33 heavy (non-hydrogen) atoms. The van der Waals surface area contributed by atoms with Crippen LogP contribution in [-0.4, -0.2) is 37.5 Å². The van der Waals surface area contributed by atoms with Crippen molar-refractivity contribution in [3.63, 3.8) is 0 Å². The third-order valence-corrected chi connectivity index (χ3v) is 8.92. The Bertz CT molecular complexity index is 1260. The molecule has 1 saturated heterocycles. The van der Waals surface area contributed by atoms with E-state index < -0.39 is 10.0 Å². The second kappa shape index (κ2) is 9.27. The van der Waals surface area contributed by atoms with Crippen molar-refractivity contribution in [2.75, 3.05) is 24.2 Å². The van der Waals surface area contributed by atoms with Crippen molar-refractivity contribution in [1.29, 1.82) is 0 Å². The van der Waals surface area contributed by atoms with Crippen molar-refractivity contribution < 1.29 is 13.2 Å². The molecule has 3 aromatic rings. The molecule has 0 spiro atoms. The maximum atomic E-state index is 13.1. The molecule has 1 aliphatic heterocycles. The summed E-state index contributed by atoms with van der Waals surface area (Å²) >= 11 is 0. The van der Waals surface area contributed by atoms with Gasteiger partial charge in [0, 0.05) is 24.2 Å². The zero-order valence-electron chi connectivity index (χ0n) is 18.8. The topological polar surface area (TPSA) is 66.5 Å². The first-order chi connectivity index (χ1) is 16.0. The van der Waals surface area contributed by atoms with Crippen molar-refractivity contribution in [3.05, 3.63) is 77.4 Å². The number of hydrogen-bond acceptors (Lipinski definition) is 3. The molecule has 0 saturated carbocycles. The van der Waals surface area contributed by atoms with Gasteiger partial charge in [-0.3, -0.25) is 4.79 Å². The van der Waals surface area contributed by atoms with E-state index in [0.29, 0.717) is 25.8 Å². The number of rotatable bonds is 7. The SMILES string of the molecule is O=C(Nc1ccc2c3c(cccc13)CC2)[C@H]1CCCN(S(=O)(=O)CCCc2ccccc2)C1. The summed E-state index contributed by atoms with van der Waals surface area (Å²) < 4.78 is 27.4. The molecule has 1 atom stereocenters. The Morgan fingerprint density at radius 3 is 2.58 bits per heavy atom. The third kappa shape index (κ3) is 4.68.